The minimum atomic E-state index is 0.569. The highest BCUT2D eigenvalue weighted by Crippen LogP contribution is 2.25. The zero-order chi connectivity index (χ0) is 15.1. The van der Waals surface area contributed by atoms with Gasteiger partial charge >= 0.3 is 0 Å². The number of benzene rings is 2. The molecular weight excluding hydrogens is 334 g/mol. The van der Waals surface area contributed by atoms with Crippen molar-refractivity contribution in [2.75, 3.05) is 0 Å². The minimum Gasteiger partial charge on any atom is -0.0984 e. The van der Waals surface area contributed by atoms with Crippen molar-refractivity contribution < 1.29 is 0 Å². The van der Waals surface area contributed by atoms with Crippen LogP contribution >= 0.6 is 46.4 Å². The molecule has 0 aliphatic rings. The van der Waals surface area contributed by atoms with Gasteiger partial charge in [-0.3, -0.25) is 0 Å². The molecule has 20 heavy (non-hydrogen) atoms. The van der Waals surface area contributed by atoms with Gasteiger partial charge in [-0.05, 0) is 35.4 Å². The Balaban J connectivity index is 0.000000200. The summed E-state index contributed by atoms with van der Waals surface area (Å²) in [4.78, 5) is 0. The molecule has 4 heteroatoms. The van der Waals surface area contributed by atoms with E-state index in [0.717, 1.165) is 11.1 Å². The lowest BCUT2D eigenvalue weighted by Crippen LogP contribution is -1.73. The lowest BCUT2D eigenvalue weighted by Gasteiger charge is -1.97. The van der Waals surface area contributed by atoms with Crippen LogP contribution in [-0.2, 0) is 0 Å². The van der Waals surface area contributed by atoms with Crippen LogP contribution in [0.1, 0.15) is 11.1 Å². The fraction of sp³-hybridized carbons (Fsp3) is 0. The van der Waals surface area contributed by atoms with E-state index >= 15 is 0 Å². The van der Waals surface area contributed by atoms with Gasteiger partial charge < -0.3 is 0 Å². The first-order valence-corrected chi connectivity index (χ1v) is 7.14. The molecule has 0 atom stereocenters. The van der Waals surface area contributed by atoms with Gasteiger partial charge in [0.05, 0.1) is 10.0 Å². The highest BCUT2D eigenvalue weighted by molar-refractivity contribution is 6.42. The van der Waals surface area contributed by atoms with Crippen LogP contribution < -0.4 is 0 Å². The Morgan fingerprint density at radius 1 is 0.750 bits per heavy atom. The summed E-state index contributed by atoms with van der Waals surface area (Å²) in [6, 6.07) is 10.7. The largest absolute Gasteiger partial charge is 0.0984 e. The third-order valence-electron chi connectivity index (χ3n) is 2.38. The van der Waals surface area contributed by atoms with Gasteiger partial charge in [0.15, 0.2) is 0 Å². The Hall–Kier alpha value is -0.920. The molecule has 0 saturated heterocycles. The molecule has 0 spiro atoms. The molecule has 0 unspecified atom stereocenters. The fourth-order valence-corrected chi connectivity index (χ4v) is 2.11. The van der Waals surface area contributed by atoms with Crippen LogP contribution in [0.4, 0.5) is 0 Å². The van der Waals surface area contributed by atoms with Crippen LogP contribution in [0.5, 0.6) is 0 Å². The van der Waals surface area contributed by atoms with Crippen LogP contribution in [0, 0.1) is 0 Å². The van der Waals surface area contributed by atoms with Crippen molar-refractivity contribution in [3.8, 4) is 0 Å². The zero-order valence-electron chi connectivity index (χ0n) is 10.5. The molecule has 0 radical (unpaired) electrons. The van der Waals surface area contributed by atoms with Crippen molar-refractivity contribution >= 4 is 58.6 Å². The second-order valence-corrected chi connectivity index (χ2v) is 5.35. The first-order chi connectivity index (χ1) is 9.49. The molecule has 0 nitrogen and oxygen atoms in total. The summed E-state index contributed by atoms with van der Waals surface area (Å²) in [6.07, 6.45) is 3.35. The van der Waals surface area contributed by atoms with Crippen LogP contribution in [-0.4, -0.2) is 0 Å². The Morgan fingerprint density at radius 3 is 1.90 bits per heavy atom. The lowest BCUT2D eigenvalue weighted by molar-refractivity contribution is 1.66. The Kier molecular flexibility index (Phi) is 7.18. The summed E-state index contributed by atoms with van der Waals surface area (Å²) in [5, 5.41) is 2.50. The summed E-state index contributed by atoms with van der Waals surface area (Å²) in [7, 11) is 0. The molecule has 0 amide bonds. The smallest absolute Gasteiger partial charge is 0.0664 e. The average molecular weight is 346 g/mol. The van der Waals surface area contributed by atoms with E-state index < -0.39 is 0 Å². The van der Waals surface area contributed by atoms with Gasteiger partial charge in [0.25, 0.3) is 0 Å². The van der Waals surface area contributed by atoms with E-state index in [1.165, 1.54) is 0 Å². The summed E-state index contributed by atoms with van der Waals surface area (Å²) >= 11 is 23.0. The third kappa shape index (κ3) is 4.88. The van der Waals surface area contributed by atoms with Crippen molar-refractivity contribution in [2.24, 2.45) is 0 Å². The van der Waals surface area contributed by atoms with Crippen LogP contribution in [0.25, 0.3) is 12.2 Å². The summed E-state index contributed by atoms with van der Waals surface area (Å²) in [6.45, 7) is 7.18. The molecule has 0 heterocycles. The van der Waals surface area contributed by atoms with Gasteiger partial charge in [-0.15, -0.1) is 0 Å². The van der Waals surface area contributed by atoms with Crippen LogP contribution in [0.2, 0.25) is 20.1 Å². The van der Waals surface area contributed by atoms with Gasteiger partial charge in [-0.2, -0.15) is 0 Å². The molecule has 0 N–H and O–H groups in total. The van der Waals surface area contributed by atoms with Crippen molar-refractivity contribution in [2.45, 2.75) is 0 Å². The van der Waals surface area contributed by atoms with Crippen LogP contribution in [0.15, 0.2) is 49.6 Å². The molecule has 0 aliphatic carbocycles. The normalized spacial score (nSPS) is 9.40. The molecule has 2 aromatic carbocycles. The topological polar surface area (TPSA) is 0 Å². The van der Waals surface area contributed by atoms with Crippen molar-refractivity contribution in [1.82, 2.24) is 0 Å². The fourth-order valence-electron chi connectivity index (χ4n) is 1.35. The highest BCUT2D eigenvalue weighted by Gasteiger charge is 1.98. The van der Waals surface area contributed by atoms with Gasteiger partial charge in [0, 0.05) is 10.0 Å². The van der Waals surface area contributed by atoms with E-state index in [0.29, 0.717) is 20.1 Å². The number of rotatable bonds is 2. The van der Waals surface area contributed by atoms with Crippen LogP contribution in [0.3, 0.4) is 0 Å². The minimum absolute atomic E-state index is 0.569. The van der Waals surface area contributed by atoms with Gasteiger partial charge in [-0.1, -0.05) is 83.8 Å². The Labute approximate surface area is 139 Å². The van der Waals surface area contributed by atoms with Gasteiger partial charge in [-0.25, -0.2) is 0 Å². The molecule has 0 bridgehead atoms. The van der Waals surface area contributed by atoms with E-state index in [9.17, 15) is 0 Å². The molecule has 2 rings (SSSR count). The average Bonchev–Trinajstić information content (AvgIpc) is 2.45. The summed E-state index contributed by atoms with van der Waals surface area (Å²) in [5.74, 6) is 0. The second-order valence-electron chi connectivity index (χ2n) is 3.72. The summed E-state index contributed by atoms with van der Waals surface area (Å²) < 4.78 is 0. The molecule has 0 saturated carbocycles. The Bertz CT molecular complexity index is 612. The van der Waals surface area contributed by atoms with Gasteiger partial charge in [0.1, 0.15) is 0 Å². The molecule has 104 valence electrons. The van der Waals surface area contributed by atoms with Crippen molar-refractivity contribution in [1.29, 1.82) is 0 Å². The number of hydrogen-bond acceptors (Lipinski definition) is 0. The first-order valence-electron chi connectivity index (χ1n) is 5.63. The second kappa shape index (κ2) is 8.39. The monoisotopic (exact) mass is 344 g/mol. The predicted molar refractivity (Wildman–Crippen MR) is 93.1 cm³/mol. The van der Waals surface area contributed by atoms with E-state index in [4.69, 9.17) is 46.4 Å². The van der Waals surface area contributed by atoms with E-state index in [2.05, 4.69) is 13.2 Å². The first kappa shape index (κ1) is 17.1. The maximum atomic E-state index is 5.79. The zero-order valence-corrected chi connectivity index (χ0v) is 13.6. The predicted octanol–water partition coefficient (Wildman–Crippen LogP) is 7.27. The Morgan fingerprint density at radius 2 is 1.40 bits per heavy atom. The van der Waals surface area contributed by atoms with Crippen molar-refractivity contribution in [3.05, 3.63) is 80.8 Å². The maximum absolute atomic E-state index is 5.79. The summed E-state index contributed by atoms with van der Waals surface area (Å²) in [5.41, 5.74) is 1.74. The van der Waals surface area contributed by atoms with Gasteiger partial charge in [0.2, 0.25) is 0 Å². The molecule has 2 aromatic rings. The molecule has 0 aliphatic heterocycles. The molecule has 0 fully saturated rings. The van der Waals surface area contributed by atoms with E-state index in [1.54, 1.807) is 36.4 Å². The van der Waals surface area contributed by atoms with E-state index in [1.807, 2.05) is 12.1 Å². The number of halogens is 4. The number of hydrogen-bond donors (Lipinski definition) is 0. The standard InChI is InChI=1S/2C8H6Cl2/c1-2-6-5-7(9)3-4-8(6)10;1-2-6-4-3-5-7(9)8(6)10/h2*2-5H,1H2. The quantitative estimate of drug-likeness (QED) is 0.536. The highest BCUT2D eigenvalue weighted by atomic mass is 35.5. The molecule has 0 aromatic heterocycles. The third-order valence-corrected chi connectivity index (χ3v) is 3.79. The maximum Gasteiger partial charge on any atom is 0.0664 e. The van der Waals surface area contributed by atoms with Crippen molar-refractivity contribution in [3.63, 3.8) is 0 Å². The molecular formula is C16H12Cl4. The SMILES string of the molecule is C=Cc1cc(Cl)ccc1Cl.C=Cc1cccc(Cl)c1Cl. The van der Waals surface area contributed by atoms with E-state index in [-0.39, 0.29) is 0 Å². The lowest BCUT2D eigenvalue weighted by atomic mass is 10.2.